The summed E-state index contributed by atoms with van der Waals surface area (Å²) >= 11 is 1.68. The second-order valence-corrected chi connectivity index (χ2v) is 5.04. The van der Waals surface area contributed by atoms with Gasteiger partial charge in [-0.2, -0.15) is 11.8 Å². The molecule has 0 fully saturated rings. The minimum absolute atomic E-state index is 0.518. The third-order valence-corrected chi connectivity index (χ3v) is 2.69. The second kappa shape index (κ2) is 9.00. The van der Waals surface area contributed by atoms with Crippen molar-refractivity contribution in [3.63, 3.8) is 0 Å². The van der Waals surface area contributed by atoms with Crippen LogP contribution < -0.4 is 5.73 Å². The van der Waals surface area contributed by atoms with Crippen LogP contribution in [-0.4, -0.2) is 41.8 Å². The number of ether oxygens (including phenoxy) is 1. The molecule has 0 rings (SSSR count). The number of carboxylic acids is 1. The molecular formula is C10H21NO3S. The van der Waals surface area contributed by atoms with Crippen molar-refractivity contribution >= 4 is 17.7 Å². The first-order valence-electron chi connectivity index (χ1n) is 5.18. The van der Waals surface area contributed by atoms with Gasteiger partial charge in [0, 0.05) is 12.4 Å². The third kappa shape index (κ3) is 10.0. The van der Waals surface area contributed by atoms with Crippen LogP contribution in [0.25, 0.3) is 0 Å². The summed E-state index contributed by atoms with van der Waals surface area (Å²) in [5, 5.41) is 8.52. The number of carboxylic acid groups (broad SMARTS) is 1. The molecule has 0 aliphatic rings. The highest BCUT2D eigenvalue weighted by molar-refractivity contribution is 7.99. The van der Waals surface area contributed by atoms with Gasteiger partial charge in [-0.05, 0) is 18.1 Å². The number of hydrogen-bond donors (Lipinski definition) is 2. The van der Waals surface area contributed by atoms with E-state index in [4.69, 9.17) is 15.6 Å². The van der Waals surface area contributed by atoms with Crippen molar-refractivity contribution in [2.45, 2.75) is 26.3 Å². The van der Waals surface area contributed by atoms with E-state index >= 15 is 0 Å². The van der Waals surface area contributed by atoms with Gasteiger partial charge in [0.2, 0.25) is 0 Å². The largest absolute Gasteiger partial charge is 0.480 e. The molecule has 0 aromatic carbocycles. The second-order valence-electron chi connectivity index (χ2n) is 3.81. The molecule has 4 nitrogen and oxygen atoms in total. The van der Waals surface area contributed by atoms with Crippen molar-refractivity contribution < 1.29 is 14.6 Å². The average molecular weight is 235 g/mol. The lowest BCUT2D eigenvalue weighted by atomic mass is 10.2. The van der Waals surface area contributed by atoms with Crippen LogP contribution in [0.2, 0.25) is 0 Å². The molecule has 0 radical (unpaired) electrons. The van der Waals surface area contributed by atoms with Crippen LogP contribution >= 0.6 is 11.8 Å². The molecule has 3 N–H and O–H groups in total. The van der Waals surface area contributed by atoms with Crippen molar-refractivity contribution in [1.82, 2.24) is 0 Å². The van der Waals surface area contributed by atoms with E-state index in [1.54, 1.807) is 11.8 Å². The number of hydrogen-bond acceptors (Lipinski definition) is 4. The van der Waals surface area contributed by atoms with E-state index in [1.165, 1.54) is 0 Å². The number of nitrogens with two attached hydrogens (primary N) is 1. The van der Waals surface area contributed by atoms with Gasteiger partial charge in [0.05, 0.1) is 6.61 Å². The maximum atomic E-state index is 10.4. The molecule has 1 unspecified atom stereocenters. The maximum Gasteiger partial charge on any atom is 0.320 e. The van der Waals surface area contributed by atoms with Gasteiger partial charge in [0.25, 0.3) is 0 Å². The predicted molar refractivity (Wildman–Crippen MR) is 63.2 cm³/mol. The highest BCUT2D eigenvalue weighted by atomic mass is 32.2. The zero-order chi connectivity index (χ0) is 11.7. The van der Waals surface area contributed by atoms with Gasteiger partial charge < -0.3 is 15.6 Å². The van der Waals surface area contributed by atoms with Crippen LogP contribution in [0.3, 0.4) is 0 Å². The van der Waals surface area contributed by atoms with E-state index < -0.39 is 12.0 Å². The van der Waals surface area contributed by atoms with E-state index in [2.05, 4.69) is 13.8 Å². The summed E-state index contributed by atoms with van der Waals surface area (Å²) in [7, 11) is 0. The van der Waals surface area contributed by atoms with Crippen LogP contribution in [0, 0.1) is 5.92 Å². The monoisotopic (exact) mass is 235 g/mol. The van der Waals surface area contributed by atoms with Gasteiger partial charge in [-0.1, -0.05) is 13.8 Å². The lowest BCUT2D eigenvalue weighted by Gasteiger charge is -2.07. The molecule has 1 atom stereocenters. The highest BCUT2D eigenvalue weighted by Gasteiger charge is 2.09. The average Bonchev–Trinajstić information content (AvgIpc) is 2.15. The molecule has 0 amide bonds. The predicted octanol–water partition coefficient (Wildman–Crippen LogP) is 1.19. The Kier molecular flexibility index (Phi) is 8.85. The van der Waals surface area contributed by atoms with Gasteiger partial charge in [0.15, 0.2) is 0 Å². The molecule has 0 aliphatic heterocycles. The molecule has 0 aromatic heterocycles. The lowest BCUT2D eigenvalue weighted by Crippen LogP contribution is -2.30. The SMILES string of the molecule is CC(C)COCCSCCC(N)C(=O)O. The molecule has 0 spiro atoms. The molecule has 90 valence electrons. The zero-order valence-electron chi connectivity index (χ0n) is 9.44. The molecule has 5 heteroatoms. The fourth-order valence-electron chi connectivity index (χ4n) is 0.873. The van der Waals surface area contributed by atoms with Crippen LogP contribution in [0.15, 0.2) is 0 Å². The number of rotatable bonds is 9. The van der Waals surface area contributed by atoms with Gasteiger partial charge in [-0.3, -0.25) is 4.79 Å². The molecule has 0 saturated heterocycles. The third-order valence-electron chi connectivity index (χ3n) is 1.71. The van der Waals surface area contributed by atoms with Crippen molar-refractivity contribution in [1.29, 1.82) is 0 Å². The quantitative estimate of drug-likeness (QED) is 0.587. The van der Waals surface area contributed by atoms with Crippen LogP contribution in [-0.2, 0) is 9.53 Å². The summed E-state index contributed by atoms with van der Waals surface area (Å²) in [6, 6.07) is -0.728. The Labute approximate surface area is 95.6 Å². The number of carbonyl (C=O) groups is 1. The normalized spacial score (nSPS) is 13.1. The van der Waals surface area contributed by atoms with Crippen LogP contribution in [0.1, 0.15) is 20.3 Å². The lowest BCUT2D eigenvalue weighted by molar-refractivity contribution is -0.138. The summed E-state index contributed by atoms with van der Waals surface area (Å²) in [5.41, 5.74) is 5.35. The zero-order valence-corrected chi connectivity index (χ0v) is 10.3. The number of aliphatic carboxylic acids is 1. The van der Waals surface area contributed by atoms with E-state index in [0.29, 0.717) is 12.3 Å². The van der Waals surface area contributed by atoms with Crippen molar-refractivity contribution in [3.8, 4) is 0 Å². The summed E-state index contributed by atoms with van der Waals surface area (Å²) in [4.78, 5) is 10.4. The fraction of sp³-hybridized carbons (Fsp3) is 0.900. The number of thioether (sulfide) groups is 1. The first-order valence-corrected chi connectivity index (χ1v) is 6.33. The molecule has 0 heterocycles. The topological polar surface area (TPSA) is 72.5 Å². The summed E-state index contributed by atoms with van der Waals surface area (Å²) < 4.78 is 5.38. The van der Waals surface area contributed by atoms with Crippen LogP contribution in [0.4, 0.5) is 0 Å². The Morgan fingerprint density at radius 3 is 2.67 bits per heavy atom. The Hall–Kier alpha value is -0.260. The molecular weight excluding hydrogens is 214 g/mol. The molecule has 0 aromatic rings. The molecule has 0 saturated carbocycles. The van der Waals surface area contributed by atoms with Crippen molar-refractivity contribution in [2.75, 3.05) is 24.7 Å². The van der Waals surface area contributed by atoms with Crippen molar-refractivity contribution in [3.05, 3.63) is 0 Å². The molecule has 0 bridgehead atoms. The van der Waals surface area contributed by atoms with Gasteiger partial charge in [-0.25, -0.2) is 0 Å². The van der Waals surface area contributed by atoms with E-state index in [9.17, 15) is 4.79 Å². The summed E-state index contributed by atoms with van der Waals surface area (Å²) in [5.74, 6) is 1.32. The fourth-order valence-corrected chi connectivity index (χ4v) is 1.73. The van der Waals surface area contributed by atoms with Crippen LogP contribution in [0.5, 0.6) is 0 Å². The van der Waals surface area contributed by atoms with Gasteiger partial charge in [0.1, 0.15) is 6.04 Å². The first kappa shape index (κ1) is 14.7. The Bertz CT molecular complexity index is 176. The van der Waals surface area contributed by atoms with E-state index in [1.807, 2.05) is 0 Å². The van der Waals surface area contributed by atoms with E-state index in [-0.39, 0.29) is 0 Å². The highest BCUT2D eigenvalue weighted by Crippen LogP contribution is 2.04. The van der Waals surface area contributed by atoms with E-state index in [0.717, 1.165) is 24.7 Å². The Balaban J connectivity index is 3.15. The van der Waals surface area contributed by atoms with Gasteiger partial charge in [-0.15, -0.1) is 0 Å². The summed E-state index contributed by atoms with van der Waals surface area (Å²) in [6.07, 6.45) is 0.518. The Morgan fingerprint density at radius 2 is 2.13 bits per heavy atom. The van der Waals surface area contributed by atoms with Crippen molar-refractivity contribution in [2.24, 2.45) is 11.7 Å². The summed E-state index contributed by atoms with van der Waals surface area (Å²) in [6.45, 7) is 5.73. The molecule has 15 heavy (non-hydrogen) atoms. The minimum atomic E-state index is -0.924. The Morgan fingerprint density at radius 1 is 1.47 bits per heavy atom. The maximum absolute atomic E-state index is 10.4. The van der Waals surface area contributed by atoms with Gasteiger partial charge >= 0.3 is 5.97 Å². The molecule has 0 aliphatic carbocycles. The first-order chi connectivity index (χ1) is 7.04. The standard InChI is InChI=1S/C10H21NO3S/c1-8(2)7-14-4-6-15-5-3-9(11)10(12)13/h8-9H,3-7,11H2,1-2H3,(H,12,13). The minimum Gasteiger partial charge on any atom is -0.480 e. The smallest absolute Gasteiger partial charge is 0.320 e.